The summed E-state index contributed by atoms with van der Waals surface area (Å²) in [4.78, 5) is 8.82. The van der Waals surface area contributed by atoms with Gasteiger partial charge in [0.25, 0.3) is 0 Å². The minimum atomic E-state index is 0.303. The summed E-state index contributed by atoms with van der Waals surface area (Å²) in [6.45, 7) is 3.09. The fourth-order valence-electron chi connectivity index (χ4n) is 2.18. The van der Waals surface area contributed by atoms with Crippen LogP contribution >= 0.6 is 11.3 Å². The molecule has 0 aromatic carbocycles. The number of fused-ring (bicyclic) bond motifs is 1. The summed E-state index contributed by atoms with van der Waals surface area (Å²) in [5, 5.41) is 5.61. The van der Waals surface area contributed by atoms with E-state index < -0.39 is 0 Å². The molecule has 4 heteroatoms. The highest BCUT2D eigenvalue weighted by Crippen LogP contribution is 2.22. The van der Waals surface area contributed by atoms with Gasteiger partial charge in [-0.05, 0) is 42.1 Å². The lowest BCUT2D eigenvalue weighted by molar-refractivity contribution is 0.573. The molecular weight excluding hydrogens is 266 g/mol. The summed E-state index contributed by atoms with van der Waals surface area (Å²) >= 11 is 1.74. The number of rotatable bonds is 5. The lowest BCUT2D eigenvalue weighted by atomic mass is 10.1. The largest absolute Gasteiger partial charge is 0.310 e. The van der Waals surface area contributed by atoms with Crippen LogP contribution < -0.4 is 5.32 Å². The summed E-state index contributed by atoms with van der Waals surface area (Å²) in [6, 6.07) is 10.6. The first-order valence-corrected chi connectivity index (χ1v) is 7.67. The Morgan fingerprint density at radius 2 is 2.20 bits per heavy atom. The molecule has 0 aliphatic rings. The van der Waals surface area contributed by atoms with Gasteiger partial charge in [0.05, 0.1) is 10.2 Å². The smallest absolute Gasteiger partial charge is 0.0809 e. The van der Waals surface area contributed by atoms with E-state index in [0.29, 0.717) is 6.04 Å². The normalized spacial score (nSPS) is 12.7. The van der Waals surface area contributed by atoms with E-state index in [1.807, 2.05) is 24.5 Å². The standard InChI is InChI=1S/C16H17N3S/c1-12(17-8-5-14-4-2-3-7-18-14)13-10-16-15(19-11-13)6-9-20-16/h2-4,6-7,9-12,17H,5,8H2,1H3. The van der Waals surface area contributed by atoms with Crippen molar-refractivity contribution in [2.45, 2.75) is 19.4 Å². The molecule has 102 valence electrons. The van der Waals surface area contributed by atoms with E-state index >= 15 is 0 Å². The van der Waals surface area contributed by atoms with E-state index in [-0.39, 0.29) is 0 Å². The van der Waals surface area contributed by atoms with Gasteiger partial charge in [0.2, 0.25) is 0 Å². The summed E-state index contributed by atoms with van der Waals surface area (Å²) in [5.41, 5.74) is 3.44. The third-order valence-electron chi connectivity index (χ3n) is 3.38. The lowest BCUT2D eigenvalue weighted by Gasteiger charge is -2.13. The van der Waals surface area contributed by atoms with E-state index in [1.54, 1.807) is 11.3 Å². The van der Waals surface area contributed by atoms with E-state index in [4.69, 9.17) is 0 Å². The van der Waals surface area contributed by atoms with Crippen molar-refractivity contribution in [1.29, 1.82) is 0 Å². The number of pyridine rings is 2. The molecule has 0 amide bonds. The Balaban J connectivity index is 1.59. The summed E-state index contributed by atoms with van der Waals surface area (Å²) in [7, 11) is 0. The highest BCUT2D eigenvalue weighted by Gasteiger charge is 2.07. The Kier molecular flexibility index (Phi) is 4.04. The molecule has 3 aromatic heterocycles. The van der Waals surface area contributed by atoms with Gasteiger partial charge in [0.1, 0.15) is 0 Å². The van der Waals surface area contributed by atoms with E-state index in [1.165, 1.54) is 10.3 Å². The predicted molar refractivity (Wildman–Crippen MR) is 84.0 cm³/mol. The van der Waals surface area contributed by atoms with Gasteiger partial charge in [-0.15, -0.1) is 11.3 Å². The van der Waals surface area contributed by atoms with Crippen molar-refractivity contribution in [3.05, 3.63) is 59.4 Å². The van der Waals surface area contributed by atoms with Gasteiger partial charge >= 0.3 is 0 Å². The van der Waals surface area contributed by atoms with Gasteiger partial charge < -0.3 is 5.32 Å². The van der Waals surface area contributed by atoms with Crippen molar-refractivity contribution >= 4 is 21.6 Å². The maximum atomic E-state index is 4.49. The van der Waals surface area contributed by atoms with Crippen molar-refractivity contribution < 1.29 is 0 Å². The Morgan fingerprint density at radius 1 is 1.25 bits per heavy atom. The Hall–Kier alpha value is -1.78. The molecule has 3 heterocycles. The van der Waals surface area contributed by atoms with Crippen LogP contribution in [0.1, 0.15) is 24.2 Å². The van der Waals surface area contributed by atoms with Crippen LogP contribution in [0.3, 0.4) is 0 Å². The maximum Gasteiger partial charge on any atom is 0.0809 e. The van der Waals surface area contributed by atoms with E-state index in [2.05, 4.69) is 45.8 Å². The van der Waals surface area contributed by atoms with Crippen LogP contribution in [-0.2, 0) is 6.42 Å². The molecule has 0 radical (unpaired) electrons. The van der Waals surface area contributed by atoms with Crippen LogP contribution in [0.25, 0.3) is 10.2 Å². The van der Waals surface area contributed by atoms with Crippen LogP contribution in [0.15, 0.2) is 48.1 Å². The Morgan fingerprint density at radius 3 is 3.05 bits per heavy atom. The van der Waals surface area contributed by atoms with Crippen LogP contribution in [-0.4, -0.2) is 16.5 Å². The van der Waals surface area contributed by atoms with Crippen LogP contribution in [0, 0.1) is 0 Å². The number of aromatic nitrogens is 2. The first kappa shape index (κ1) is 13.2. The van der Waals surface area contributed by atoms with Crippen LogP contribution in [0.4, 0.5) is 0 Å². The van der Waals surface area contributed by atoms with Gasteiger partial charge in [-0.25, -0.2) is 0 Å². The molecule has 0 bridgehead atoms. The third-order valence-corrected chi connectivity index (χ3v) is 4.23. The van der Waals surface area contributed by atoms with Crippen molar-refractivity contribution in [2.24, 2.45) is 0 Å². The van der Waals surface area contributed by atoms with Crippen molar-refractivity contribution in [2.75, 3.05) is 6.54 Å². The zero-order valence-electron chi connectivity index (χ0n) is 11.4. The molecule has 0 saturated carbocycles. The van der Waals surface area contributed by atoms with Crippen LogP contribution in [0.5, 0.6) is 0 Å². The summed E-state index contributed by atoms with van der Waals surface area (Å²) in [6.07, 6.45) is 4.75. The van der Waals surface area contributed by atoms with E-state index in [9.17, 15) is 0 Å². The van der Waals surface area contributed by atoms with E-state index in [0.717, 1.165) is 24.2 Å². The number of thiophene rings is 1. The molecule has 0 fully saturated rings. The minimum Gasteiger partial charge on any atom is -0.310 e. The number of nitrogens with zero attached hydrogens (tertiary/aromatic N) is 2. The molecule has 1 N–H and O–H groups in total. The van der Waals surface area contributed by atoms with Gasteiger partial charge in [0.15, 0.2) is 0 Å². The Bertz CT molecular complexity index is 678. The zero-order chi connectivity index (χ0) is 13.8. The highest BCUT2D eigenvalue weighted by atomic mass is 32.1. The monoisotopic (exact) mass is 283 g/mol. The van der Waals surface area contributed by atoms with Gasteiger partial charge in [0, 0.05) is 37.1 Å². The molecule has 20 heavy (non-hydrogen) atoms. The van der Waals surface area contributed by atoms with Gasteiger partial charge in [-0.1, -0.05) is 6.07 Å². The first-order valence-electron chi connectivity index (χ1n) is 6.79. The number of hydrogen-bond acceptors (Lipinski definition) is 4. The fraction of sp³-hybridized carbons (Fsp3) is 0.250. The first-order chi connectivity index (χ1) is 9.83. The minimum absolute atomic E-state index is 0.303. The predicted octanol–water partition coefficient (Wildman–Crippen LogP) is 3.58. The molecule has 3 rings (SSSR count). The molecule has 3 aromatic rings. The molecule has 0 aliphatic carbocycles. The van der Waals surface area contributed by atoms with Crippen molar-refractivity contribution in [3.8, 4) is 0 Å². The second-order valence-corrected chi connectivity index (χ2v) is 5.77. The molecular formula is C16H17N3S. The second kappa shape index (κ2) is 6.11. The maximum absolute atomic E-state index is 4.49. The molecule has 0 spiro atoms. The van der Waals surface area contributed by atoms with Crippen molar-refractivity contribution in [1.82, 2.24) is 15.3 Å². The third kappa shape index (κ3) is 3.03. The molecule has 1 atom stereocenters. The topological polar surface area (TPSA) is 37.8 Å². The number of nitrogens with one attached hydrogen (secondary N) is 1. The van der Waals surface area contributed by atoms with Crippen molar-refractivity contribution in [3.63, 3.8) is 0 Å². The Labute approximate surface area is 122 Å². The highest BCUT2D eigenvalue weighted by molar-refractivity contribution is 7.17. The summed E-state index contributed by atoms with van der Waals surface area (Å²) in [5.74, 6) is 0. The molecule has 3 nitrogen and oxygen atoms in total. The van der Waals surface area contributed by atoms with Gasteiger partial charge in [-0.2, -0.15) is 0 Å². The second-order valence-electron chi connectivity index (χ2n) is 4.82. The fourth-order valence-corrected chi connectivity index (χ4v) is 2.97. The average molecular weight is 283 g/mol. The van der Waals surface area contributed by atoms with Crippen LogP contribution in [0.2, 0.25) is 0 Å². The number of hydrogen-bond donors (Lipinski definition) is 1. The van der Waals surface area contributed by atoms with Gasteiger partial charge in [-0.3, -0.25) is 9.97 Å². The molecule has 1 unspecified atom stereocenters. The average Bonchev–Trinajstić information content (AvgIpc) is 2.95. The lowest BCUT2D eigenvalue weighted by Crippen LogP contribution is -2.21. The zero-order valence-corrected chi connectivity index (χ0v) is 12.2. The summed E-state index contributed by atoms with van der Waals surface area (Å²) < 4.78 is 1.25. The molecule has 0 saturated heterocycles. The SMILES string of the molecule is CC(NCCc1ccccn1)c1cnc2ccsc2c1. The molecule has 0 aliphatic heterocycles. The quantitative estimate of drug-likeness (QED) is 0.777.